The molecule has 0 saturated carbocycles. The quantitative estimate of drug-likeness (QED) is 0.784. The summed E-state index contributed by atoms with van der Waals surface area (Å²) in [7, 11) is 0. The monoisotopic (exact) mass is 195 g/mol. The molecular weight excluding hydrogens is 178 g/mol. The molecule has 0 aromatic carbocycles. The van der Waals surface area contributed by atoms with Gasteiger partial charge in [0.15, 0.2) is 0 Å². The van der Waals surface area contributed by atoms with Crippen molar-refractivity contribution >= 4 is 0 Å². The van der Waals surface area contributed by atoms with E-state index in [2.05, 4.69) is 19.2 Å². The van der Waals surface area contributed by atoms with E-state index >= 15 is 0 Å². The number of hydrogen-bond donors (Lipinski definition) is 1. The van der Waals surface area contributed by atoms with Crippen molar-refractivity contribution in [2.24, 2.45) is 0 Å². The summed E-state index contributed by atoms with van der Waals surface area (Å²) in [4.78, 5) is 0. The predicted octanol–water partition coefficient (Wildman–Crippen LogP) is 2.11. The summed E-state index contributed by atoms with van der Waals surface area (Å²) in [6.45, 7) is 5.07. The smallest absolute Gasteiger partial charge is 0.134 e. The first-order valence-corrected chi connectivity index (χ1v) is 5.22. The van der Waals surface area contributed by atoms with Crippen molar-refractivity contribution in [2.45, 2.75) is 38.5 Å². The van der Waals surface area contributed by atoms with E-state index in [-0.39, 0.29) is 6.10 Å². The Labute approximate surface area is 84.4 Å². The summed E-state index contributed by atoms with van der Waals surface area (Å²) in [6, 6.07) is 4.67. The fraction of sp³-hybridized carbons (Fsp3) is 0.636. The molecule has 3 atom stereocenters. The second-order valence-electron chi connectivity index (χ2n) is 3.83. The Hall–Kier alpha value is -0.800. The largest absolute Gasteiger partial charge is 0.467 e. The molecule has 1 aliphatic rings. The van der Waals surface area contributed by atoms with Crippen LogP contribution in [0.3, 0.4) is 0 Å². The van der Waals surface area contributed by atoms with Gasteiger partial charge in [0.1, 0.15) is 11.9 Å². The molecule has 1 fully saturated rings. The van der Waals surface area contributed by atoms with Gasteiger partial charge in [-0.05, 0) is 25.5 Å². The third kappa shape index (κ3) is 1.83. The molecule has 3 unspecified atom stereocenters. The van der Waals surface area contributed by atoms with Crippen LogP contribution in [0, 0.1) is 0 Å². The van der Waals surface area contributed by atoms with Gasteiger partial charge in [-0.2, -0.15) is 0 Å². The zero-order valence-electron chi connectivity index (χ0n) is 8.69. The number of furan rings is 1. The minimum absolute atomic E-state index is 0.0628. The van der Waals surface area contributed by atoms with Crippen LogP contribution in [0.1, 0.15) is 32.1 Å². The molecule has 14 heavy (non-hydrogen) atoms. The highest BCUT2D eigenvalue weighted by molar-refractivity contribution is 5.06. The first kappa shape index (κ1) is 9.74. The van der Waals surface area contributed by atoms with Crippen molar-refractivity contribution in [2.75, 3.05) is 6.61 Å². The Bertz CT molecular complexity index is 271. The summed E-state index contributed by atoms with van der Waals surface area (Å²) in [5.74, 6) is 0.916. The molecular formula is C11H17NO2. The number of morpholine rings is 1. The topological polar surface area (TPSA) is 34.4 Å². The van der Waals surface area contributed by atoms with Gasteiger partial charge in [0.25, 0.3) is 0 Å². The van der Waals surface area contributed by atoms with Crippen LogP contribution in [0.5, 0.6) is 0 Å². The van der Waals surface area contributed by atoms with E-state index in [0.717, 1.165) is 18.8 Å². The normalized spacial score (nSPS) is 33.1. The van der Waals surface area contributed by atoms with Crippen LogP contribution in [0.25, 0.3) is 0 Å². The van der Waals surface area contributed by atoms with Gasteiger partial charge < -0.3 is 14.5 Å². The van der Waals surface area contributed by atoms with Gasteiger partial charge in [-0.25, -0.2) is 0 Å². The lowest BCUT2D eigenvalue weighted by atomic mass is 10.1. The van der Waals surface area contributed by atoms with Crippen molar-refractivity contribution in [3.8, 4) is 0 Å². The van der Waals surface area contributed by atoms with Gasteiger partial charge in [-0.3, -0.25) is 0 Å². The molecule has 78 valence electrons. The van der Waals surface area contributed by atoms with E-state index in [1.165, 1.54) is 0 Å². The second-order valence-corrected chi connectivity index (χ2v) is 3.83. The summed E-state index contributed by atoms with van der Waals surface area (Å²) in [6.07, 6.45) is 2.86. The standard InChI is InChI=1S/C11H17NO2/c1-3-9-7-14-11(8(2)12-9)10-5-4-6-13-10/h4-6,8-9,11-12H,3,7H2,1-2H3. The maximum Gasteiger partial charge on any atom is 0.134 e. The lowest BCUT2D eigenvalue weighted by Gasteiger charge is -2.34. The highest BCUT2D eigenvalue weighted by Gasteiger charge is 2.29. The van der Waals surface area contributed by atoms with Crippen molar-refractivity contribution in [1.82, 2.24) is 5.32 Å². The highest BCUT2D eigenvalue weighted by Crippen LogP contribution is 2.25. The van der Waals surface area contributed by atoms with E-state index in [0.29, 0.717) is 12.1 Å². The fourth-order valence-corrected chi connectivity index (χ4v) is 1.89. The molecule has 1 aromatic rings. The lowest BCUT2D eigenvalue weighted by Crippen LogP contribution is -2.48. The molecule has 3 heteroatoms. The van der Waals surface area contributed by atoms with Crippen molar-refractivity contribution < 1.29 is 9.15 Å². The summed E-state index contributed by atoms with van der Waals surface area (Å²) in [5.41, 5.74) is 0. The molecule has 0 amide bonds. The maximum atomic E-state index is 5.78. The van der Waals surface area contributed by atoms with Crippen molar-refractivity contribution in [1.29, 1.82) is 0 Å². The summed E-state index contributed by atoms with van der Waals surface area (Å²) in [5, 5.41) is 3.52. The van der Waals surface area contributed by atoms with Crippen LogP contribution < -0.4 is 5.32 Å². The van der Waals surface area contributed by atoms with Gasteiger partial charge in [0.05, 0.1) is 12.9 Å². The summed E-state index contributed by atoms with van der Waals surface area (Å²) < 4.78 is 11.1. The zero-order valence-corrected chi connectivity index (χ0v) is 8.69. The molecule has 0 radical (unpaired) electrons. The summed E-state index contributed by atoms with van der Waals surface area (Å²) >= 11 is 0. The van der Waals surface area contributed by atoms with Crippen LogP contribution in [0.15, 0.2) is 22.8 Å². The molecule has 3 nitrogen and oxygen atoms in total. The van der Waals surface area contributed by atoms with Gasteiger partial charge in [0, 0.05) is 12.1 Å². The maximum absolute atomic E-state index is 5.78. The van der Waals surface area contributed by atoms with Crippen LogP contribution in [-0.4, -0.2) is 18.7 Å². The third-order valence-electron chi connectivity index (χ3n) is 2.75. The molecule has 1 N–H and O–H groups in total. The SMILES string of the molecule is CCC1COC(c2ccco2)C(C)N1. The molecule has 0 bridgehead atoms. The minimum atomic E-state index is 0.0628. The van der Waals surface area contributed by atoms with E-state index in [9.17, 15) is 0 Å². The first-order chi connectivity index (χ1) is 6.81. The van der Waals surface area contributed by atoms with E-state index in [4.69, 9.17) is 9.15 Å². The Morgan fingerprint density at radius 1 is 1.57 bits per heavy atom. The van der Waals surface area contributed by atoms with E-state index in [1.807, 2.05) is 12.1 Å². The Kier molecular flexibility index (Phi) is 2.89. The third-order valence-corrected chi connectivity index (χ3v) is 2.75. The van der Waals surface area contributed by atoms with Crippen molar-refractivity contribution in [3.63, 3.8) is 0 Å². The van der Waals surface area contributed by atoms with Gasteiger partial charge in [-0.1, -0.05) is 6.92 Å². The van der Waals surface area contributed by atoms with Gasteiger partial charge in [-0.15, -0.1) is 0 Å². The molecule has 1 aliphatic heterocycles. The van der Waals surface area contributed by atoms with Crippen LogP contribution in [0.4, 0.5) is 0 Å². The number of hydrogen-bond acceptors (Lipinski definition) is 3. The average Bonchev–Trinajstić information content (AvgIpc) is 2.70. The lowest BCUT2D eigenvalue weighted by molar-refractivity contribution is -0.0361. The van der Waals surface area contributed by atoms with Crippen LogP contribution in [0.2, 0.25) is 0 Å². The minimum Gasteiger partial charge on any atom is -0.467 e. The molecule has 2 heterocycles. The Morgan fingerprint density at radius 3 is 3.00 bits per heavy atom. The van der Waals surface area contributed by atoms with Gasteiger partial charge >= 0.3 is 0 Å². The van der Waals surface area contributed by atoms with Crippen LogP contribution in [-0.2, 0) is 4.74 Å². The Balaban J connectivity index is 2.02. The second kappa shape index (κ2) is 4.15. The fourth-order valence-electron chi connectivity index (χ4n) is 1.89. The molecule has 2 rings (SSSR count). The van der Waals surface area contributed by atoms with Gasteiger partial charge in [0.2, 0.25) is 0 Å². The van der Waals surface area contributed by atoms with Crippen molar-refractivity contribution in [3.05, 3.63) is 24.2 Å². The first-order valence-electron chi connectivity index (χ1n) is 5.22. The number of rotatable bonds is 2. The molecule has 1 saturated heterocycles. The molecule has 0 aliphatic carbocycles. The number of ether oxygens (including phenoxy) is 1. The average molecular weight is 195 g/mol. The zero-order chi connectivity index (χ0) is 9.97. The van der Waals surface area contributed by atoms with E-state index in [1.54, 1.807) is 6.26 Å². The highest BCUT2D eigenvalue weighted by atomic mass is 16.5. The predicted molar refractivity (Wildman–Crippen MR) is 54.1 cm³/mol. The molecule has 1 aromatic heterocycles. The Morgan fingerprint density at radius 2 is 2.43 bits per heavy atom. The molecule has 0 spiro atoms. The van der Waals surface area contributed by atoms with Crippen LogP contribution >= 0.6 is 0 Å². The number of nitrogens with one attached hydrogen (secondary N) is 1. The van der Waals surface area contributed by atoms with E-state index < -0.39 is 0 Å².